The van der Waals surface area contributed by atoms with Crippen LogP contribution in [0, 0.1) is 0 Å². The molecule has 0 radical (unpaired) electrons. The summed E-state index contributed by atoms with van der Waals surface area (Å²) in [7, 11) is 0. The average molecular weight is 436 g/mol. The highest BCUT2D eigenvalue weighted by atomic mass is 19.4. The molecule has 0 saturated heterocycles. The molecule has 0 aliphatic carbocycles. The van der Waals surface area contributed by atoms with Crippen molar-refractivity contribution in [3.8, 4) is 6.01 Å². The highest BCUT2D eigenvalue weighted by molar-refractivity contribution is 5.73. The van der Waals surface area contributed by atoms with Crippen LogP contribution in [0.4, 0.5) is 26.3 Å². The topological polar surface area (TPSA) is 46.0 Å². The van der Waals surface area contributed by atoms with Crippen molar-refractivity contribution in [2.24, 2.45) is 0 Å². The van der Waals surface area contributed by atoms with E-state index < -0.39 is 29.5 Å². The second-order valence-corrected chi connectivity index (χ2v) is 6.35. The van der Waals surface area contributed by atoms with Gasteiger partial charge < -0.3 is 5.11 Å². The van der Waals surface area contributed by atoms with Gasteiger partial charge in [0, 0.05) is 0 Å². The molecule has 9 heteroatoms. The quantitative estimate of drug-likeness (QED) is 0.471. The third-order valence-corrected chi connectivity index (χ3v) is 4.15. The van der Waals surface area contributed by atoms with Gasteiger partial charge in [0.2, 0.25) is 0 Å². The standard InChI is InChI=1S/C22H14F6N2O/c23-21(24,25)18-7-3-1-5-14(18)9-11-16-13-17(30-20(31)29-16)12-10-15-6-2-4-8-19(15)22(26,27)28/h1-13H,(H,29,30,31). The molecule has 1 aromatic heterocycles. The number of alkyl halides is 6. The van der Waals surface area contributed by atoms with Crippen LogP contribution in [-0.4, -0.2) is 15.1 Å². The summed E-state index contributed by atoms with van der Waals surface area (Å²) in [4.78, 5) is 7.43. The monoisotopic (exact) mass is 436 g/mol. The summed E-state index contributed by atoms with van der Waals surface area (Å²) < 4.78 is 78.6. The van der Waals surface area contributed by atoms with Crippen molar-refractivity contribution in [2.75, 3.05) is 0 Å². The number of benzene rings is 2. The molecular weight excluding hydrogens is 422 g/mol. The number of rotatable bonds is 4. The van der Waals surface area contributed by atoms with E-state index in [9.17, 15) is 31.4 Å². The molecule has 160 valence electrons. The van der Waals surface area contributed by atoms with Crippen molar-refractivity contribution >= 4 is 24.3 Å². The fraction of sp³-hybridized carbons (Fsp3) is 0.0909. The lowest BCUT2D eigenvalue weighted by atomic mass is 10.1. The molecule has 0 amide bonds. The first kappa shape index (κ1) is 22.1. The highest BCUT2D eigenvalue weighted by Crippen LogP contribution is 2.33. The van der Waals surface area contributed by atoms with Crippen molar-refractivity contribution in [3.05, 3.63) is 88.2 Å². The lowest BCUT2D eigenvalue weighted by molar-refractivity contribution is -0.138. The lowest BCUT2D eigenvalue weighted by Crippen LogP contribution is -2.06. The van der Waals surface area contributed by atoms with Crippen LogP contribution in [-0.2, 0) is 12.4 Å². The summed E-state index contributed by atoms with van der Waals surface area (Å²) in [6.07, 6.45) is -4.25. The summed E-state index contributed by atoms with van der Waals surface area (Å²) >= 11 is 0. The van der Waals surface area contributed by atoms with E-state index in [0.717, 1.165) is 12.1 Å². The Morgan fingerprint density at radius 3 is 1.39 bits per heavy atom. The van der Waals surface area contributed by atoms with Gasteiger partial charge in [-0.15, -0.1) is 0 Å². The van der Waals surface area contributed by atoms with Gasteiger partial charge in [-0.05, 0) is 41.5 Å². The Bertz CT molecular complexity index is 1050. The Morgan fingerprint density at radius 2 is 1.00 bits per heavy atom. The van der Waals surface area contributed by atoms with Crippen LogP contribution in [0.5, 0.6) is 6.01 Å². The number of aromatic hydroxyl groups is 1. The van der Waals surface area contributed by atoms with Gasteiger partial charge in [0.05, 0.1) is 22.5 Å². The predicted molar refractivity (Wildman–Crippen MR) is 104 cm³/mol. The zero-order valence-electron chi connectivity index (χ0n) is 15.6. The first-order valence-electron chi connectivity index (χ1n) is 8.81. The summed E-state index contributed by atoms with van der Waals surface area (Å²) in [5.41, 5.74) is -1.74. The van der Waals surface area contributed by atoms with Crippen molar-refractivity contribution in [1.82, 2.24) is 9.97 Å². The maximum Gasteiger partial charge on any atom is 0.416 e. The highest BCUT2D eigenvalue weighted by Gasteiger charge is 2.33. The lowest BCUT2D eigenvalue weighted by Gasteiger charge is -2.09. The van der Waals surface area contributed by atoms with Crippen LogP contribution in [0.3, 0.4) is 0 Å². The molecule has 0 atom stereocenters. The van der Waals surface area contributed by atoms with Crippen LogP contribution in [0.25, 0.3) is 24.3 Å². The van der Waals surface area contributed by atoms with Gasteiger partial charge in [-0.1, -0.05) is 48.6 Å². The molecule has 3 nitrogen and oxygen atoms in total. The number of hydrogen-bond acceptors (Lipinski definition) is 3. The first-order valence-corrected chi connectivity index (χ1v) is 8.81. The van der Waals surface area contributed by atoms with E-state index in [2.05, 4.69) is 9.97 Å². The fourth-order valence-corrected chi connectivity index (χ4v) is 2.79. The zero-order chi connectivity index (χ0) is 22.6. The van der Waals surface area contributed by atoms with Crippen molar-refractivity contribution in [2.45, 2.75) is 12.4 Å². The Labute approximate surface area is 173 Å². The number of nitrogens with zero attached hydrogens (tertiary/aromatic N) is 2. The molecule has 31 heavy (non-hydrogen) atoms. The molecule has 1 N–H and O–H groups in total. The van der Waals surface area contributed by atoms with Gasteiger partial charge in [-0.2, -0.15) is 36.3 Å². The smallest absolute Gasteiger partial charge is 0.416 e. The number of halogens is 6. The Kier molecular flexibility index (Phi) is 6.14. The van der Waals surface area contributed by atoms with Crippen molar-refractivity contribution < 1.29 is 31.4 Å². The molecule has 3 rings (SSSR count). The summed E-state index contributed by atoms with van der Waals surface area (Å²) in [6.45, 7) is 0. The fourth-order valence-electron chi connectivity index (χ4n) is 2.79. The maximum absolute atomic E-state index is 13.1. The van der Waals surface area contributed by atoms with Gasteiger partial charge in [0.25, 0.3) is 0 Å². The minimum absolute atomic E-state index is 0.0771. The number of aromatic nitrogens is 2. The summed E-state index contributed by atoms with van der Waals surface area (Å²) in [5.74, 6) is 0. The molecule has 3 aromatic rings. The first-order chi connectivity index (χ1) is 14.5. The largest absolute Gasteiger partial charge is 0.479 e. The van der Waals surface area contributed by atoms with E-state index in [-0.39, 0.29) is 22.5 Å². The van der Waals surface area contributed by atoms with Gasteiger partial charge in [-0.25, -0.2) is 0 Å². The Hall–Kier alpha value is -3.62. The average Bonchev–Trinajstić information content (AvgIpc) is 2.69. The third kappa shape index (κ3) is 5.71. The Morgan fingerprint density at radius 1 is 0.613 bits per heavy atom. The normalized spacial score (nSPS) is 12.7. The minimum atomic E-state index is -4.55. The van der Waals surface area contributed by atoms with E-state index in [1.165, 1.54) is 66.8 Å². The molecule has 0 fully saturated rings. The van der Waals surface area contributed by atoms with Crippen LogP contribution < -0.4 is 0 Å². The second kappa shape index (κ2) is 8.63. The summed E-state index contributed by atoms with van der Waals surface area (Å²) in [5, 5.41) is 9.71. The molecule has 0 spiro atoms. The zero-order valence-corrected chi connectivity index (χ0v) is 15.6. The van der Waals surface area contributed by atoms with Crippen LogP contribution >= 0.6 is 0 Å². The summed E-state index contributed by atoms with van der Waals surface area (Å²) in [6, 6.07) is 10.5. The molecular formula is C22H14F6N2O. The van der Waals surface area contributed by atoms with Gasteiger partial charge in [0.1, 0.15) is 0 Å². The molecule has 2 aromatic carbocycles. The molecule has 0 saturated carbocycles. The maximum atomic E-state index is 13.1. The van der Waals surface area contributed by atoms with Gasteiger partial charge in [-0.3, -0.25) is 0 Å². The van der Waals surface area contributed by atoms with Crippen LogP contribution in [0.2, 0.25) is 0 Å². The van der Waals surface area contributed by atoms with Crippen LogP contribution in [0.1, 0.15) is 33.6 Å². The predicted octanol–water partition coefficient (Wildman–Crippen LogP) is 6.56. The van der Waals surface area contributed by atoms with E-state index in [1.54, 1.807) is 0 Å². The van der Waals surface area contributed by atoms with E-state index in [0.29, 0.717) is 0 Å². The van der Waals surface area contributed by atoms with E-state index in [1.807, 2.05) is 0 Å². The third-order valence-electron chi connectivity index (χ3n) is 4.15. The van der Waals surface area contributed by atoms with Crippen LogP contribution in [0.15, 0.2) is 54.6 Å². The molecule has 0 aliphatic heterocycles. The van der Waals surface area contributed by atoms with E-state index >= 15 is 0 Å². The second-order valence-electron chi connectivity index (χ2n) is 6.35. The number of hydrogen-bond donors (Lipinski definition) is 1. The SMILES string of the molecule is Oc1nc(C=Cc2ccccc2C(F)(F)F)cc(C=Cc2ccccc2C(F)(F)F)n1. The Balaban J connectivity index is 1.91. The molecule has 0 bridgehead atoms. The van der Waals surface area contributed by atoms with Gasteiger partial charge >= 0.3 is 18.4 Å². The molecule has 1 heterocycles. The molecule has 0 unspecified atom stereocenters. The van der Waals surface area contributed by atoms with Crippen molar-refractivity contribution in [3.63, 3.8) is 0 Å². The van der Waals surface area contributed by atoms with E-state index in [4.69, 9.17) is 0 Å². The molecule has 0 aliphatic rings. The van der Waals surface area contributed by atoms with Gasteiger partial charge in [0.15, 0.2) is 0 Å². The minimum Gasteiger partial charge on any atom is -0.479 e. The van der Waals surface area contributed by atoms with Crippen molar-refractivity contribution in [1.29, 1.82) is 0 Å².